The van der Waals surface area contributed by atoms with Crippen molar-refractivity contribution in [1.29, 1.82) is 0 Å². The lowest BCUT2D eigenvalue weighted by Crippen LogP contribution is -2.17. The van der Waals surface area contributed by atoms with Crippen molar-refractivity contribution in [3.8, 4) is 0 Å². The van der Waals surface area contributed by atoms with Gasteiger partial charge >= 0.3 is 0 Å². The van der Waals surface area contributed by atoms with Gasteiger partial charge in [0.2, 0.25) is 0 Å². The maximum absolute atomic E-state index is 5.64. The number of aromatic nitrogens is 2. The summed E-state index contributed by atoms with van der Waals surface area (Å²) in [6.07, 6.45) is 2.68. The molecule has 1 heterocycles. The highest BCUT2D eigenvalue weighted by atomic mass is 35.5. The molecule has 0 saturated carbocycles. The summed E-state index contributed by atoms with van der Waals surface area (Å²) < 4.78 is 0. The van der Waals surface area contributed by atoms with Gasteiger partial charge in [0.1, 0.15) is 5.82 Å². The molecule has 3 nitrogen and oxygen atoms in total. The second kappa shape index (κ2) is 5.15. The van der Waals surface area contributed by atoms with E-state index in [9.17, 15) is 0 Å². The van der Waals surface area contributed by atoms with Crippen LogP contribution < -0.4 is 5.32 Å². The van der Waals surface area contributed by atoms with Crippen molar-refractivity contribution in [2.75, 3.05) is 11.2 Å². The van der Waals surface area contributed by atoms with Crippen molar-refractivity contribution in [1.82, 2.24) is 9.97 Å². The molecule has 4 heteroatoms. The van der Waals surface area contributed by atoms with Crippen LogP contribution in [0.2, 0.25) is 0 Å². The molecular weight excluding hydrogens is 198 g/mol. The molecule has 0 fully saturated rings. The van der Waals surface area contributed by atoms with Crippen LogP contribution in [0.4, 0.5) is 5.82 Å². The third-order valence-electron chi connectivity index (χ3n) is 2.13. The summed E-state index contributed by atoms with van der Waals surface area (Å²) in [5.41, 5.74) is 1.94. The second-order valence-corrected chi connectivity index (χ2v) is 3.83. The fourth-order valence-electron chi connectivity index (χ4n) is 1.10. The van der Waals surface area contributed by atoms with Crippen molar-refractivity contribution in [2.45, 2.75) is 33.2 Å². The van der Waals surface area contributed by atoms with Gasteiger partial charge in [-0.2, -0.15) is 0 Å². The average Bonchev–Trinajstić information content (AvgIpc) is 2.12. The zero-order chi connectivity index (χ0) is 10.6. The minimum atomic E-state index is 0.337. The van der Waals surface area contributed by atoms with E-state index in [2.05, 4.69) is 22.2 Å². The van der Waals surface area contributed by atoms with Gasteiger partial charge in [0, 0.05) is 11.9 Å². The molecule has 1 N–H and O–H groups in total. The molecule has 0 aliphatic carbocycles. The predicted molar refractivity (Wildman–Crippen MR) is 59.9 cm³/mol. The van der Waals surface area contributed by atoms with E-state index in [0.717, 1.165) is 23.6 Å². The summed E-state index contributed by atoms with van der Waals surface area (Å²) in [6.45, 7) is 5.99. The molecule has 1 aromatic heterocycles. The molecule has 1 rings (SSSR count). The molecule has 0 aliphatic heterocycles. The fraction of sp³-hybridized carbons (Fsp3) is 0.600. The summed E-state index contributed by atoms with van der Waals surface area (Å²) in [5, 5.41) is 3.25. The fourth-order valence-corrected chi connectivity index (χ4v) is 1.43. The first-order valence-corrected chi connectivity index (χ1v) is 5.29. The maximum atomic E-state index is 5.64. The summed E-state index contributed by atoms with van der Waals surface area (Å²) in [5.74, 6) is 1.48. The number of anilines is 1. The number of alkyl halides is 1. The lowest BCUT2D eigenvalue weighted by Gasteiger charge is -2.13. The summed E-state index contributed by atoms with van der Waals surface area (Å²) in [7, 11) is 0. The van der Waals surface area contributed by atoms with Crippen LogP contribution in [0.15, 0.2) is 6.20 Å². The van der Waals surface area contributed by atoms with Crippen molar-refractivity contribution in [3.05, 3.63) is 17.6 Å². The molecule has 0 saturated heterocycles. The zero-order valence-corrected chi connectivity index (χ0v) is 9.60. The zero-order valence-electron chi connectivity index (χ0n) is 8.84. The van der Waals surface area contributed by atoms with Crippen LogP contribution in [0.25, 0.3) is 0 Å². The Labute approximate surface area is 89.9 Å². The first kappa shape index (κ1) is 11.2. The van der Waals surface area contributed by atoms with E-state index in [1.165, 1.54) is 0 Å². The van der Waals surface area contributed by atoms with Crippen molar-refractivity contribution in [2.24, 2.45) is 0 Å². The Balaban J connectivity index is 2.63. The van der Waals surface area contributed by atoms with Gasteiger partial charge in [-0.15, -0.1) is 11.6 Å². The molecule has 1 unspecified atom stereocenters. The largest absolute Gasteiger partial charge is 0.366 e. The third kappa shape index (κ3) is 3.14. The highest BCUT2D eigenvalue weighted by Crippen LogP contribution is 2.08. The maximum Gasteiger partial charge on any atom is 0.145 e. The molecule has 0 aliphatic rings. The second-order valence-electron chi connectivity index (χ2n) is 3.45. The number of nitrogens with zero attached hydrogens (tertiary/aromatic N) is 2. The topological polar surface area (TPSA) is 37.8 Å². The smallest absolute Gasteiger partial charge is 0.145 e. The normalized spacial score (nSPS) is 12.6. The van der Waals surface area contributed by atoms with Crippen LogP contribution in [0.1, 0.15) is 24.7 Å². The molecule has 78 valence electrons. The van der Waals surface area contributed by atoms with E-state index in [1.54, 1.807) is 6.20 Å². The molecule has 0 spiro atoms. The molecule has 0 bridgehead atoms. The molecule has 1 atom stereocenters. The highest BCUT2D eigenvalue weighted by molar-refractivity contribution is 6.17. The lowest BCUT2D eigenvalue weighted by atomic mass is 10.2. The van der Waals surface area contributed by atoms with Crippen molar-refractivity contribution >= 4 is 17.4 Å². The standard InChI is InChI=1S/C10H16ClN3/c1-7(4-5-11)13-10-6-12-8(2)9(3)14-10/h6-7H,4-5H2,1-3H3,(H,13,14). The quantitative estimate of drug-likeness (QED) is 0.782. The Bertz CT molecular complexity index is 301. The van der Waals surface area contributed by atoms with E-state index >= 15 is 0 Å². The van der Waals surface area contributed by atoms with Crippen LogP contribution in [-0.2, 0) is 0 Å². The predicted octanol–water partition coefficient (Wildman–Crippen LogP) is 2.52. The lowest BCUT2D eigenvalue weighted by molar-refractivity contribution is 0.761. The Hall–Kier alpha value is -0.830. The molecule has 0 radical (unpaired) electrons. The number of aryl methyl sites for hydroxylation is 2. The SMILES string of the molecule is Cc1ncc(NC(C)CCCl)nc1C. The summed E-state index contributed by atoms with van der Waals surface area (Å²) in [4.78, 5) is 8.61. The van der Waals surface area contributed by atoms with Crippen molar-refractivity contribution in [3.63, 3.8) is 0 Å². The first-order valence-electron chi connectivity index (χ1n) is 4.76. The first-order chi connectivity index (χ1) is 6.63. The van der Waals surface area contributed by atoms with Crippen LogP contribution in [0.3, 0.4) is 0 Å². The van der Waals surface area contributed by atoms with E-state index in [-0.39, 0.29) is 0 Å². The Morgan fingerprint density at radius 3 is 2.71 bits per heavy atom. The van der Waals surface area contributed by atoms with Crippen LogP contribution in [0.5, 0.6) is 0 Å². The van der Waals surface area contributed by atoms with E-state index in [1.807, 2.05) is 13.8 Å². The average molecular weight is 214 g/mol. The summed E-state index contributed by atoms with van der Waals surface area (Å²) >= 11 is 5.64. The highest BCUT2D eigenvalue weighted by Gasteiger charge is 2.03. The molecule has 1 aromatic rings. The van der Waals surface area contributed by atoms with Gasteiger partial charge in [0.05, 0.1) is 17.6 Å². The van der Waals surface area contributed by atoms with E-state index < -0.39 is 0 Å². The van der Waals surface area contributed by atoms with Crippen LogP contribution in [-0.4, -0.2) is 21.9 Å². The van der Waals surface area contributed by atoms with Gasteiger partial charge < -0.3 is 5.32 Å². The Morgan fingerprint density at radius 1 is 1.43 bits per heavy atom. The molecule has 14 heavy (non-hydrogen) atoms. The van der Waals surface area contributed by atoms with Gasteiger partial charge in [-0.3, -0.25) is 4.98 Å². The van der Waals surface area contributed by atoms with Crippen LogP contribution in [0, 0.1) is 13.8 Å². The van der Waals surface area contributed by atoms with E-state index in [4.69, 9.17) is 11.6 Å². The minimum Gasteiger partial charge on any atom is -0.366 e. The van der Waals surface area contributed by atoms with Gasteiger partial charge in [-0.25, -0.2) is 4.98 Å². The van der Waals surface area contributed by atoms with Crippen molar-refractivity contribution < 1.29 is 0 Å². The van der Waals surface area contributed by atoms with Crippen LogP contribution >= 0.6 is 11.6 Å². The van der Waals surface area contributed by atoms with Gasteiger partial charge in [0.15, 0.2) is 0 Å². The Kier molecular flexibility index (Phi) is 4.14. The molecule has 0 aromatic carbocycles. The number of hydrogen-bond acceptors (Lipinski definition) is 3. The number of halogens is 1. The summed E-state index contributed by atoms with van der Waals surface area (Å²) in [6, 6.07) is 0.337. The monoisotopic (exact) mass is 213 g/mol. The number of rotatable bonds is 4. The molecule has 0 amide bonds. The van der Waals surface area contributed by atoms with Gasteiger partial charge in [-0.05, 0) is 27.2 Å². The molecular formula is C10H16ClN3. The van der Waals surface area contributed by atoms with Gasteiger partial charge in [0.25, 0.3) is 0 Å². The Morgan fingerprint density at radius 2 is 2.14 bits per heavy atom. The van der Waals surface area contributed by atoms with Gasteiger partial charge in [-0.1, -0.05) is 0 Å². The third-order valence-corrected chi connectivity index (χ3v) is 2.35. The number of hydrogen-bond donors (Lipinski definition) is 1. The number of nitrogens with one attached hydrogen (secondary N) is 1. The minimum absolute atomic E-state index is 0.337. The van der Waals surface area contributed by atoms with E-state index in [0.29, 0.717) is 11.9 Å².